The Bertz CT molecular complexity index is 456. The first-order valence-electron chi connectivity index (χ1n) is 6.47. The highest BCUT2D eigenvalue weighted by atomic mass is 19.4. The normalized spacial score (nSPS) is 24.6. The minimum absolute atomic E-state index is 0.141. The van der Waals surface area contributed by atoms with Crippen LogP contribution in [0.15, 0.2) is 18.2 Å². The minimum atomic E-state index is -4.29. The van der Waals surface area contributed by atoms with Crippen LogP contribution in [-0.2, 0) is 6.18 Å². The Labute approximate surface area is 111 Å². The van der Waals surface area contributed by atoms with Gasteiger partial charge in [-0.1, -0.05) is 13.0 Å². The molecule has 2 nitrogen and oxygen atoms in total. The molecule has 0 bridgehead atoms. The average Bonchev–Trinajstić information content (AvgIpc) is 2.32. The van der Waals surface area contributed by atoms with Crippen LogP contribution in [0.5, 0.6) is 0 Å². The molecule has 1 aromatic rings. The molecule has 1 fully saturated rings. The minimum Gasteiger partial charge on any atom is -0.371 e. The SMILES string of the molecule is Cc1ccc(C(F)(F)F)cc1N1CCC(N)C(C)C1. The number of hydrogen-bond donors (Lipinski definition) is 1. The number of nitrogens with zero attached hydrogens (tertiary/aromatic N) is 1. The second kappa shape index (κ2) is 5.04. The van der Waals surface area contributed by atoms with E-state index in [0.29, 0.717) is 24.7 Å². The molecule has 0 amide bonds. The lowest BCUT2D eigenvalue weighted by Crippen LogP contribution is -2.46. The fraction of sp³-hybridized carbons (Fsp3) is 0.571. The van der Waals surface area contributed by atoms with Crippen molar-refractivity contribution in [2.45, 2.75) is 32.5 Å². The van der Waals surface area contributed by atoms with Gasteiger partial charge in [-0.05, 0) is 37.0 Å². The van der Waals surface area contributed by atoms with Gasteiger partial charge in [0.1, 0.15) is 0 Å². The third kappa shape index (κ3) is 3.03. The third-order valence-corrected chi connectivity index (χ3v) is 3.85. The summed E-state index contributed by atoms with van der Waals surface area (Å²) >= 11 is 0. The molecule has 1 aliphatic rings. The highest BCUT2D eigenvalue weighted by Gasteiger charge is 2.32. The zero-order valence-corrected chi connectivity index (χ0v) is 11.2. The van der Waals surface area contributed by atoms with Crippen LogP contribution in [0.1, 0.15) is 24.5 Å². The molecule has 1 aromatic carbocycles. The van der Waals surface area contributed by atoms with Gasteiger partial charge in [0.05, 0.1) is 5.56 Å². The van der Waals surface area contributed by atoms with Gasteiger partial charge < -0.3 is 10.6 Å². The monoisotopic (exact) mass is 272 g/mol. The van der Waals surface area contributed by atoms with Crippen LogP contribution in [0, 0.1) is 12.8 Å². The van der Waals surface area contributed by atoms with E-state index in [0.717, 1.165) is 18.1 Å². The van der Waals surface area contributed by atoms with E-state index >= 15 is 0 Å². The summed E-state index contributed by atoms with van der Waals surface area (Å²) in [6.45, 7) is 5.31. The fourth-order valence-corrected chi connectivity index (χ4v) is 2.51. The van der Waals surface area contributed by atoms with E-state index in [2.05, 4.69) is 0 Å². The molecule has 0 saturated carbocycles. The number of aryl methyl sites for hydroxylation is 1. The molecular weight excluding hydrogens is 253 g/mol. The van der Waals surface area contributed by atoms with Gasteiger partial charge in [0.2, 0.25) is 0 Å². The van der Waals surface area contributed by atoms with E-state index in [1.165, 1.54) is 12.1 Å². The molecule has 19 heavy (non-hydrogen) atoms. The lowest BCUT2D eigenvalue weighted by Gasteiger charge is -2.37. The van der Waals surface area contributed by atoms with Crippen molar-refractivity contribution in [3.05, 3.63) is 29.3 Å². The largest absolute Gasteiger partial charge is 0.416 e. The molecule has 0 aromatic heterocycles. The Kier molecular flexibility index (Phi) is 3.76. The number of halogens is 3. The third-order valence-electron chi connectivity index (χ3n) is 3.85. The zero-order chi connectivity index (χ0) is 14.2. The molecule has 0 radical (unpaired) electrons. The van der Waals surface area contributed by atoms with Crippen LogP contribution in [0.3, 0.4) is 0 Å². The van der Waals surface area contributed by atoms with E-state index < -0.39 is 11.7 Å². The summed E-state index contributed by atoms with van der Waals surface area (Å²) in [4.78, 5) is 2.01. The maximum atomic E-state index is 12.8. The first-order valence-corrected chi connectivity index (χ1v) is 6.47. The van der Waals surface area contributed by atoms with Crippen LogP contribution in [0.25, 0.3) is 0 Å². The van der Waals surface area contributed by atoms with Crippen molar-refractivity contribution in [3.63, 3.8) is 0 Å². The van der Waals surface area contributed by atoms with E-state index in [1.54, 1.807) is 0 Å². The van der Waals surface area contributed by atoms with Crippen molar-refractivity contribution in [3.8, 4) is 0 Å². The smallest absolute Gasteiger partial charge is 0.371 e. The van der Waals surface area contributed by atoms with Gasteiger partial charge in [0, 0.05) is 24.8 Å². The lowest BCUT2D eigenvalue weighted by atomic mass is 9.93. The average molecular weight is 272 g/mol. The predicted molar refractivity (Wildman–Crippen MR) is 70.2 cm³/mol. The van der Waals surface area contributed by atoms with Gasteiger partial charge in [-0.25, -0.2) is 0 Å². The van der Waals surface area contributed by atoms with E-state index in [1.807, 2.05) is 18.7 Å². The van der Waals surface area contributed by atoms with Crippen molar-refractivity contribution in [1.29, 1.82) is 0 Å². The lowest BCUT2D eigenvalue weighted by molar-refractivity contribution is -0.137. The molecule has 1 aliphatic heterocycles. The molecule has 2 atom stereocenters. The van der Waals surface area contributed by atoms with Gasteiger partial charge >= 0.3 is 6.18 Å². The quantitative estimate of drug-likeness (QED) is 0.850. The van der Waals surface area contributed by atoms with Crippen molar-refractivity contribution in [2.75, 3.05) is 18.0 Å². The molecule has 0 spiro atoms. The maximum Gasteiger partial charge on any atom is 0.416 e. The maximum absolute atomic E-state index is 12.8. The molecular formula is C14H19F3N2. The molecule has 2 rings (SSSR count). The van der Waals surface area contributed by atoms with Gasteiger partial charge in [0.15, 0.2) is 0 Å². The number of alkyl halides is 3. The van der Waals surface area contributed by atoms with Crippen molar-refractivity contribution in [1.82, 2.24) is 0 Å². The predicted octanol–water partition coefficient (Wildman–Crippen LogP) is 3.19. The second-order valence-electron chi connectivity index (χ2n) is 5.37. The molecule has 1 saturated heterocycles. The molecule has 2 N–H and O–H groups in total. The summed E-state index contributed by atoms with van der Waals surface area (Å²) in [6, 6.07) is 4.07. The Morgan fingerprint density at radius 3 is 2.58 bits per heavy atom. The summed E-state index contributed by atoms with van der Waals surface area (Å²) in [5, 5.41) is 0. The van der Waals surface area contributed by atoms with E-state index in [9.17, 15) is 13.2 Å². The summed E-state index contributed by atoms with van der Waals surface area (Å²) in [5.74, 6) is 0.294. The number of nitrogens with two attached hydrogens (primary N) is 1. The van der Waals surface area contributed by atoms with Crippen LogP contribution in [0.4, 0.5) is 18.9 Å². The summed E-state index contributed by atoms with van der Waals surface area (Å²) in [5.41, 5.74) is 6.91. The first-order chi connectivity index (χ1) is 8.79. The van der Waals surface area contributed by atoms with Crippen molar-refractivity contribution < 1.29 is 13.2 Å². The number of hydrogen-bond acceptors (Lipinski definition) is 2. The van der Waals surface area contributed by atoms with Crippen molar-refractivity contribution in [2.24, 2.45) is 11.7 Å². The van der Waals surface area contributed by atoms with Gasteiger partial charge in [-0.2, -0.15) is 13.2 Å². The highest BCUT2D eigenvalue weighted by Crippen LogP contribution is 2.34. The fourth-order valence-electron chi connectivity index (χ4n) is 2.51. The molecule has 106 valence electrons. The highest BCUT2D eigenvalue weighted by molar-refractivity contribution is 5.56. The Morgan fingerprint density at radius 2 is 2.00 bits per heavy atom. The number of benzene rings is 1. The summed E-state index contributed by atoms with van der Waals surface area (Å²) in [6.07, 6.45) is -3.48. The van der Waals surface area contributed by atoms with Gasteiger partial charge in [0.25, 0.3) is 0 Å². The first kappa shape index (κ1) is 14.2. The van der Waals surface area contributed by atoms with E-state index in [4.69, 9.17) is 5.73 Å². The number of rotatable bonds is 1. The molecule has 1 heterocycles. The van der Waals surface area contributed by atoms with E-state index in [-0.39, 0.29) is 6.04 Å². The van der Waals surface area contributed by atoms with Gasteiger partial charge in [-0.15, -0.1) is 0 Å². The van der Waals surface area contributed by atoms with Crippen LogP contribution >= 0.6 is 0 Å². The zero-order valence-electron chi connectivity index (χ0n) is 11.2. The van der Waals surface area contributed by atoms with Crippen molar-refractivity contribution >= 4 is 5.69 Å². The standard InChI is InChI=1S/C14H19F3N2/c1-9-3-4-11(14(15,16)17)7-13(9)19-6-5-12(18)10(2)8-19/h3-4,7,10,12H,5-6,8,18H2,1-2H3. The van der Waals surface area contributed by atoms with Crippen LogP contribution in [0.2, 0.25) is 0 Å². The Balaban J connectivity index is 2.29. The molecule has 0 aliphatic carbocycles. The number of piperidine rings is 1. The molecule has 2 unspecified atom stereocenters. The Morgan fingerprint density at radius 1 is 1.32 bits per heavy atom. The molecule has 5 heteroatoms. The number of anilines is 1. The topological polar surface area (TPSA) is 29.3 Å². The summed E-state index contributed by atoms with van der Waals surface area (Å²) < 4.78 is 38.3. The Hall–Kier alpha value is -1.23. The van der Waals surface area contributed by atoms with Crippen LogP contribution < -0.4 is 10.6 Å². The summed E-state index contributed by atoms with van der Waals surface area (Å²) in [7, 11) is 0. The van der Waals surface area contributed by atoms with Gasteiger partial charge in [-0.3, -0.25) is 0 Å². The van der Waals surface area contributed by atoms with Crippen LogP contribution in [-0.4, -0.2) is 19.1 Å². The second-order valence-corrected chi connectivity index (χ2v) is 5.37.